The Kier molecular flexibility index (Phi) is 5.28. The standard InChI is InChI=1S/C18H13N3O3S/c22-17(14-5-2-8-19-12-14)21-20-11-13-4-1-6-15(10-13)24-18(23)16-7-3-9-25-16/h1-12H,(H,21,22)/b20-11-. The van der Waals surface area contributed by atoms with Crippen LogP contribution in [0.4, 0.5) is 0 Å². The highest BCUT2D eigenvalue weighted by atomic mass is 32.1. The molecule has 0 atom stereocenters. The van der Waals surface area contributed by atoms with E-state index >= 15 is 0 Å². The van der Waals surface area contributed by atoms with Crippen LogP contribution in [0.5, 0.6) is 5.75 Å². The largest absolute Gasteiger partial charge is 0.422 e. The number of aromatic nitrogens is 1. The van der Waals surface area contributed by atoms with Crippen molar-refractivity contribution in [2.75, 3.05) is 0 Å². The van der Waals surface area contributed by atoms with Crippen molar-refractivity contribution in [3.63, 3.8) is 0 Å². The van der Waals surface area contributed by atoms with Crippen molar-refractivity contribution in [3.8, 4) is 5.75 Å². The van der Waals surface area contributed by atoms with Gasteiger partial charge in [0.05, 0.1) is 11.8 Å². The fourth-order valence-electron chi connectivity index (χ4n) is 1.94. The number of hydrogen-bond acceptors (Lipinski definition) is 6. The monoisotopic (exact) mass is 351 g/mol. The number of thiophene rings is 1. The summed E-state index contributed by atoms with van der Waals surface area (Å²) in [4.78, 5) is 28.2. The summed E-state index contributed by atoms with van der Waals surface area (Å²) in [7, 11) is 0. The molecule has 2 aromatic heterocycles. The van der Waals surface area contributed by atoms with Crippen molar-refractivity contribution >= 4 is 29.4 Å². The predicted octanol–water partition coefficient (Wildman–Crippen LogP) is 3.13. The van der Waals surface area contributed by atoms with Crippen molar-refractivity contribution < 1.29 is 14.3 Å². The molecule has 0 fully saturated rings. The highest BCUT2D eigenvalue weighted by Gasteiger charge is 2.09. The Morgan fingerprint density at radius 3 is 2.84 bits per heavy atom. The lowest BCUT2D eigenvalue weighted by Gasteiger charge is -2.03. The molecule has 0 aliphatic carbocycles. The second kappa shape index (κ2) is 7.98. The van der Waals surface area contributed by atoms with E-state index in [1.807, 2.05) is 5.38 Å². The summed E-state index contributed by atoms with van der Waals surface area (Å²) in [5, 5.41) is 5.71. The molecule has 2 heterocycles. The summed E-state index contributed by atoms with van der Waals surface area (Å²) >= 11 is 1.32. The van der Waals surface area contributed by atoms with Gasteiger partial charge in [0.15, 0.2) is 0 Å². The molecule has 0 bridgehead atoms. The van der Waals surface area contributed by atoms with Gasteiger partial charge in [0.2, 0.25) is 0 Å². The van der Waals surface area contributed by atoms with E-state index in [4.69, 9.17) is 4.74 Å². The van der Waals surface area contributed by atoms with Crippen molar-refractivity contribution in [2.45, 2.75) is 0 Å². The maximum Gasteiger partial charge on any atom is 0.353 e. The molecule has 0 aliphatic rings. The molecule has 0 spiro atoms. The first kappa shape index (κ1) is 16.5. The first-order chi connectivity index (χ1) is 12.2. The number of benzene rings is 1. The summed E-state index contributed by atoms with van der Waals surface area (Å²) in [5.74, 6) is -0.362. The third-order valence-corrected chi connectivity index (χ3v) is 3.94. The fraction of sp³-hybridized carbons (Fsp3) is 0. The second-order valence-corrected chi connectivity index (χ2v) is 5.83. The quantitative estimate of drug-likeness (QED) is 0.331. The number of ether oxygens (including phenoxy) is 1. The zero-order valence-electron chi connectivity index (χ0n) is 13.0. The lowest BCUT2D eigenvalue weighted by Crippen LogP contribution is -2.17. The maximum atomic E-state index is 11.9. The minimum Gasteiger partial charge on any atom is -0.422 e. The van der Waals surface area contributed by atoms with Crippen molar-refractivity contribution in [3.05, 3.63) is 82.3 Å². The SMILES string of the molecule is O=C(N/N=C\c1cccc(OC(=O)c2cccs2)c1)c1cccnc1. The van der Waals surface area contributed by atoms with E-state index in [0.717, 1.165) is 0 Å². The van der Waals surface area contributed by atoms with Gasteiger partial charge in [-0.05, 0) is 41.3 Å². The van der Waals surface area contributed by atoms with Gasteiger partial charge in [-0.1, -0.05) is 18.2 Å². The number of esters is 1. The van der Waals surface area contributed by atoms with Crippen molar-refractivity contribution in [1.82, 2.24) is 10.4 Å². The van der Waals surface area contributed by atoms with E-state index in [1.54, 1.807) is 54.7 Å². The van der Waals surface area contributed by atoms with Crippen molar-refractivity contribution in [2.24, 2.45) is 5.10 Å². The first-order valence-electron chi connectivity index (χ1n) is 7.31. The predicted molar refractivity (Wildman–Crippen MR) is 95.0 cm³/mol. The van der Waals surface area contributed by atoms with Gasteiger partial charge in [-0.15, -0.1) is 11.3 Å². The van der Waals surface area contributed by atoms with Crippen LogP contribution in [0.15, 0.2) is 71.4 Å². The van der Waals surface area contributed by atoms with Crippen LogP contribution in [0.1, 0.15) is 25.6 Å². The highest BCUT2D eigenvalue weighted by Crippen LogP contribution is 2.16. The van der Waals surface area contributed by atoms with Gasteiger partial charge in [-0.25, -0.2) is 10.2 Å². The average Bonchev–Trinajstić information content (AvgIpc) is 3.17. The van der Waals surface area contributed by atoms with Gasteiger partial charge in [-0.2, -0.15) is 5.10 Å². The maximum absolute atomic E-state index is 11.9. The molecule has 124 valence electrons. The third kappa shape index (κ3) is 4.58. The lowest BCUT2D eigenvalue weighted by atomic mass is 10.2. The first-order valence-corrected chi connectivity index (χ1v) is 8.19. The zero-order valence-corrected chi connectivity index (χ0v) is 13.8. The van der Waals surface area contributed by atoms with E-state index in [0.29, 0.717) is 21.8 Å². The number of hydrazone groups is 1. The Hall–Kier alpha value is -3.32. The van der Waals surface area contributed by atoms with E-state index in [9.17, 15) is 9.59 Å². The van der Waals surface area contributed by atoms with Crippen LogP contribution >= 0.6 is 11.3 Å². The smallest absolute Gasteiger partial charge is 0.353 e. The summed E-state index contributed by atoms with van der Waals surface area (Å²) in [6, 6.07) is 13.7. The summed E-state index contributed by atoms with van der Waals surface area (Å²) in [6.07, 6.45) is 4.51. The molecule has 0 saturated carbocycles. The molecule has 3 aromatic rings. The lowest BCUT2D eigenvalue weighted by molar-refractivity contribution is 0.0739. The molecule has 1 aromatic carbocycles. The van der Waals surface area contributed by atoms with Crippen LogP contribution in [0.3, 0.4) is 0 Å². The Bertz CT molecular complexity index is 893. The van der Waals surface area contributed by atoms with E-state index in [2.05, 4.69) is 15.5 Å². The van der Waals surface area contributed by atoms with Gasteiger partial charge in [0.1, 0.15) is 10.6 Å². The van der Waals surface area contributed by atoms with Crippen LogP contribution in [0, 0.1) is 0 Å². The van der Waals surface area contributed by atoms with Crippen molar-refractivity contribution in [1.29, 1.82) is 0 Å². The Morgan fingerprint density at radius 2 is 2.08 bits per heavy atom. The highest BCUT2D eigenvalue weighted by molar-refractivity contribution is 7.12. The number of pyridine rings is 1. The number of amides is 1. The summed E-state index contributed by atoms with van der Waals surface area (Å²) in [5.41, 5.74) is 3.51. The summed E-state index contributed by atoms with van der Waals surface area (Å²) in [6.45, 7) is 0. The number of nitrogens with zero attached hydrogens (tertiary/aromatic N) is 2. The Balaban J connectivity index is 1.61. The van der Waals surface area contributed by atoms with Crippen LogP contribution in [0.2, 0.25) is 0 Å². The minimum absolute atomic E-state index is 0.357. The number of carbonyl (C=O) groups excluding carboxylic acids is 2. The molecule has 3 rings (SSSR count). The van der Waals surface area contributed by atoms with Gasteiger partial charge >= 0.3 is 5.97 Å². The molecule has 0 saturated heterocycles. The Labute approximate surface area is 147 Å². The molecule has 1 amide bonds. The topological polar surface area (TPSA) is 80.6 Å². The molecule has 0 radical (unpaired) electrons. The zero-order chi connectivity index (χ0) is 17.5. The number of carbonyl (C=O) groups is 2. The molecule has 7 heteroatoms. The third-order valence-electron chi connectivity index (χ3n) is 3.09. The summed E-state index contributed by atoms with van der Waals surface area (Å²) < 4.78 is 5.31. The van der Waals surface area contributed by atoms with Gasteiger partial charge in [0.25, 0.3) is 5.91 Å². The molecule has 1 N–H and O–H groups in total. The van der Waals surface area contributed by atoms with E-state index < -0.39 is 5.97 Å². The minimum atomic E-state index is -0.408. The molecule has 0 aliphatic heterocycles. The van der Waals surface area contributed by atoms with Gasteiger partial charge in [-0.3, -0.25) is 9.78 Å². The molecule has 6 nitrogen and oxygen atoms in total. The van der Waals surface area contributed by atoms with Crippen LogP contribution in [0.25, 0.3) is 0 Å². The van der Waals surface area contributed by atoms with Crippen LogP contribution < -0.4 is 10.2 Å². The molecule has 0 unspecified atom stereocenters. The molecular weight excluding hydrogens is 338 g/mol. The number of hydrogen-bond donors (Lipinski definition) is 1. The van der Waals surface area contributed by atoms with Crippen LogP contribution in [-0.4, -0.2) is 23.1 Å². The Morgan fingerprint density at radius 1 is 1.16 bits per heavy atom. The number of rotatable bonds is 5. The van der Waals surface area contributed by atoms with Gasteiger partial charge in [0, 0.05) is 12.4 Å². The second-order valence-electron chi connectivity index (χ2n) is 4.88. The number of nitrogens with one attached hydrogen (secondary N) is 1. The average molecular weight is 351 g/mol. The normalized spacial score (nSPS) is 10.6. The van der Waals surface area contributed by atoms with Crippen LogP contribution in [-0.2, 0) is 0 Å². The molecular formula is C18H13N3O3S. The molecule has 25 heavy (non-hydrogen) atoms. The fourth-order valence-corrected chi connectivity index (χ4v) is 2.54. The van der Waals surface area contributed by atoms with E-state index in [-0.39, 0.29) is 5.91 Å². The van der Waals surface area contributed by atoms with E-state index in [1.165, 1.54) is 23.7 Å². The van der Waals surface area contributed by atoms with Gasteiger partial charge < -0.3 is 4.74 Å².